The highest BCUT2D eigenvalue weighted by atomic mass is 16.5. The molecule has 1 saturated heterocycles. The van der Waals surface area contributed by atoms with Crippen LogP contribution in [0.3, 0.4) is 0 Å². The highest BCUT2D eigenvalue weighted by Gasteiger charge is 2.25. The molecule has 1 fully saturated rings. The van der Waals surface area contributed by atoms with Gasteiger partial charge in [0.1, 0.15) is 0 Å². The molecule has 2 aliphatic rings. The second kappa shape index (κ2) is 12.9. The molecule has 0 radical (unpaired) electrons. The molecule has 1 aromatic carbocycles. The van der Waals surface area contributed by atoms with Crippen LogP contribution in [0.5, 0.6) is 0 Å². The Balaban J connectivity index is 1.35. The van der Waals surface area contributed by atoms with Crippen LogP contribution >= 0.6 is 0 Å². The van der Waals surface area contributed by atoms with Gasteiger partial charge in [0.05, 0.1) is 42.0 Å². The third-order valence-corrected chi connectivity index (χ3v) is 7.85. The topological polar surface area (TPSA) is 102 Å². The molecule has 3 aromatic rings. The smallest absolute Gasteiger partial charge is 0.254 e. The largest absolute Gasteiger partial charge is 0.379 e. The van der Waals surface area contributed by atoms with E-state index in [1.165, 1.54) is 5.56 Å². The Labute approximate surface area is 241 Å². The Bertz CT molecular complexity index is 1480. The number of aliphatic imine (C=N–C) groups is 1. The number of amides is 2. The molecule has 4 heterocycles. The minimum atomic E-state index is -0.460. The minimum absolute atomic E-state index is 0.0812. The van der Waals surface area contributed by atoms with Crippen LogP contribution in [-0.4, -0.2) is 76.6 Å². The van der Waals surface area contributed by atoms with Crippen molar-refractivity contribution in [2.75, 3.05) is 39.4 Å². The molecule has 1 atom stereocenters. The van der Waals surface area contributed by atoms with E-state index in [0.29, 0.717) is 22.3 Å². The summed E-state index contributed by atoms with van der Waals surface area (Å²) in [6, 6.07) is 10.4. The number of carbonyl (C=O) groups is 2. The van der Waals surface area contributed by atoms with Crippen LogP contribution in [0.25, 0.3) is 22.3 Å². The number of benzene rings is 1. The molecule has 9 nitrogen and oxygen atoms in total. The van der Waals surface area contributed by atoms with Crippen LogP contribution in [-0.2, 0) is 16.0 Å². The van der Waals surface area contributed by atoms with E-state index in [1.54, 1.807) is 13.1 Å². The van der Waals surface area contributed by atoms with E-state index in [2.05, 4.69) is 38.5 Å². The fourth-order valence-electron chi connectivity index (χ4n) is 5.55. The number of aryl methyl sites for hydroxylation is 1. The summed E-state index contributed by atoms with van der Waals surface area (Å²) >= 11 is 0. The summed E-state index contributed by atoms with van der Waals surface area (Å²) in [6.07, 6.45) is 6.84. The number of allylic oxidation sites excluding steroid dienone is 1. The second-order valence-electron chi connectivity index (χ2n) is 11.3. The molecule has 2 amide bonds. The van der Waals surface area contributed by atoms with Crippen molar-refractivity contribution in [2.45, 2.75) is 53.0 Å². The normalized spacial score (nSPS) is 18.1. The first kappa shape index (κ1) is 28.8. The maximum Gasteiger partial charge on any atom is 0.254 e. The zero-order valence-electron chi connectivity index (χ0n) is 24.5. The van der Waals surface area contributed by atoms with Crippen LogP contribution in [0.2, 0.25) is 0 Å². The lowest BCUT2D eigenvalue weighted by Crippen LogP contribution is -2.36. The molecule has 2 aromatic heterocycles. The number of dihydropyridines is 1. The van der Waals surface area contributed by atoms with Gasteiger partial charge in [-0.3, -0.25) is 14.5 Å². The fraction of sp³-hybridized carbons (Fsp3) is 0.469. The summed E-state index contributed by atoms with van der Waals surface area (Å²) in [5, 5.41) is 8.21. The number of unbranched alkanes of at least 4 members (excludes halogenated alkanes) is 1. The first-order chi connectivity index (χ1) is 19.8. The number of carbonyl (C=O) groups excluding carboxylic acids is 2. The third kappa shape index (κ3) is 6.80. The van der Waals surface area contributed by atoms with Crippen LogP contribution in [0.4, 0.5) is 0 Å². The van der Waals surface area contributed by atoms with Crippen molar-refractivity contribution in [1.82, 2.24) is 25.0 Å². The van der Waals surface area contributed by atoms with Gasteiger partial charge in [-0.25, -0.2) is 14.7 Å². The average Bonchev–Trinajstić information content (AvgIpc) is 3.39. The van der Waals surface area contributed by atoms with Crippen molar-refractivity contribution in [1.29, 1.82) is 0 Å². The highest BCUT2D eigenvalue weighted by molar-refractivity contribution is 6.08. The maximum atomic E-state index is 13.6. The number of ether oxygens (including phenoxy) is 1. The maximum absolute atomic E-state index is 13.6. The first-order valence-electron chi connectivity index (χ1n) is 14.6. The van der Waals surface area contributed by atoms with Gasteiger partial charge in [-0.05, 0) is 77.3 Å². The zero-order chi connectivity index (χ0) is 28.9. The van der Waals surface area contributed by atoms with Crippen LogP contribution in [0.1, 0.15) is 62.5 Å². The number of hydrogen-bond acceptors (Lipinski definition) is 6. The highest BCUT2D eigenvalue weighted by Crippen LogP contribution is 2.28. The molecule has 0 bridgehead atoms. The van der Waals surface area contributed by atoms with Crippen molar-refractivity contribution in [3.63, 3.8) is 0 Å². The van der Waals surface area contributed by atoms with Crippen LogP contribution in [0, 0.1) is 5.92 Å². The van der Waals surface area contributed by atoms with E-state index in [4.69, 9.17) is 9.72 Å². The van der Waals surface area contributed by atoms with E-state index >= 15 is 0 Å². The Morgan fingerprint density at radius 3 is 2.71 bits per heavy atom. The van der Waals surface area contributed by atoms with Crippen molar-refractivity contribution in [2.24, 2.45) is 10.9 Å². The van der Waals surface area contributed by atoms with Gasteiger partial charge in [-0.15, -0.1) is 0 Å². The van der Waals surface area contributed by atoms with Crippen LogP contribution < -0.4 is 5.32 Å². The molecule has 9 heteroatoms. The number of rotatable bonds is 10. The van der Waals surface area contributed by atoms with E-state index < -0.39 is 5.92 Å². The summed E-state index contributed by atoms with van der Waals surface area (Å²) in [6.45, 7) is 12.8. The van der Waals surface area contributed by atoms with Gasteiger partial charge >= 0.3 is 0 Å². The number of nitrogens with one attached hydrogen (secondary N) is 1. The lowest BCUT2D eigenvalue weighted by molar-refractivity contribution is -0.120. The Hall–Kier alpha value is -3.69. The number of aromatic nitrogens is 3. The SMILES string of the molecule is CC1=CC(C)=NC(=O)C1CNC(=O)c1cc(-c2cccc(CCCCN3CCOCC3)c2)nc2c1cnn2C(C)C. The van der Waals surface area contributed by atoms with Gasteiger partial charge in [0.25, 0.3) is 11.8 Å². The zero-order valence-corrected chi connectivity index (χ0v) is 24.5. The Morgan fingerprint density at radius 2 is 1.95 bits per heavy atom. The first-order valence-corrected chi connectivity index (χ1v) is 14.6. The average molecular weight is 557 g/mol. The summed E-state index contributed by atoms with van der Waals surface area (Å²) in [5.74, 6) is -0.941. The molecule has 1 N–H and O–H groups in total. The Kier molecular flexibility index (Phi) is 9.05. The summed E-state index contributed by atoms with van der Waals surface area (Å²) in [7, 11) is 0. The molecule has 0 aliphatic carbocycles. The predicted octanol–water partition coefficient (Wildman–Crippen LogP) is 4.63. The standard InChI is InChI=1S/C32H40N6O3/c1-21(2)38-30-28(20-34-38)26(31(39)33-19-27-22(3)16-23(4)35-32(27)40)18-29(36-30)25-10-7-9-24(17-25)8-5-6-11-37-12-14-41-15-13-37/h7,9-10,16-18,20-21,27H,5-6,8,11-15,19H2,1-4H3,(H,33,39). The van der Waals surface area contributed by atoms with Crippen molar-refractivity contribution >= 4 is 28.6 Å². The lowest BCUT2D eigenvalue weighted by atomic mass is 9.95. The van der Waals surface area contributed by atoms with Gasteiger partial charge in [0.2, 0.25) is 0 Å². The molecular weight excluding hydrogens is 516 g/mol. The number of nitrogens with zero attached hydrogens (tertiary/aromatic N) is 5. The number of morpholine rings is 1. The summed E-state index contributed by atoms with van der Waals surface area (Å²) < 4.78 is 7.30. The molecular formula is C32H40N6O3. The van der Waals surface area contributed by atoms with E-state index in [1.807, 2.05) is 43.7 Å². The second-order valence-corrected chi connectivity index (χ2v) is 11.3. The molecule has 0 spiro atoms. The number of fused-ring (bicyclic) bond motifs is 1. The number of hydrogen-bond donors (Lipinski definition) is 1. The monoisotopic (exact) mass is 556 g/mol. The van der Waals surface area contributed by atoms with Crippen molar-refractivity contribution < 1.29 is 14.3 Å². The molecule has 41 heavy (non-hydrogen) atoms. The molecule has 216 valence electrons. The lowest BCUT2D eigenvalue weighted by Gasteiger charge is -2.26. The summed E-state index contributed by atoms with van der Waals surface area (Å²) in [4.78, 5) is 37.6. The number of pyridine rings is 1. The van der Waals surface area contributed by atoms with E-state index in [0.717, 1.165) is 68.9 Å². The minimum Gasteiger partial charge on any atom is -0.379 e. The summed E-state index contributed by atoms with van der Waals surface area (Å²) in [5.41, 5.74) is 5.71. The van der Waals surface area contributed by atoms with Crippen molar-refractivity contribution in [3.05, 3.63) is 59.3 Å². The van der Waals surface area contributed by atoms with Crippen molar-refractivity contribution in [3.8, 4) is 11.3 Å². The van der Waals surface area contributed by atoms with E-state index in [9.17, 15) is 9.59 Å². The third-order valence-electron chi connectivity index (χ3n) is 7.85. The molecule has 2 aliphatic heterocycles. The van der Waals surface area contributed by atoms with Gasteiger partial charge in [-0.2, -0.15) is 5.10 Å². The Morgan fingerprint density at radius 1 is 1.15 bits per heavy atom. The van der Waals surface area contributed by atoms with Gasteiger partial charge < -0.3 is 10.1 Å². The van der Waals surface area contributed by atoms with Gasteiger partial charge in [-0.1, -0.05) is 23.8 Å². The van der Waals surface area contributed by atoms with Gasteiger partial charge in [0, 0.05) is 37.0 Å². The molecule has 0 saturated carbocycles. The fourth-order valence-corrected chi connectivity index (χ4v) is 5.55. The quantitative estimate of drug-likeness (QED) is 0.366. The molecule has 5 rings (SSSR count). The predicted molar refractivity (Wildman–Crippen MR) is 161 cm³/mol. The molecule has 1 unspecified atom stereocenters. The van der Waals surface area contributed by atoms with Crippen LogP contribution in [0.15, 0.2) is 53.2 Å². The van der Waals surface area contributed by atoms with E-state index in [-0.39, 0.29) is 24.4 Å². The van der Waals surface area contributed by atoms with Gasteiger partial charge in [0.15, 0.2) is 5.65 Å².